The van der Waals surface area contributed by atoms with Crippen molar-refractivity contribution in [3.05, 3.63) is 34.9 Å². The van der Waals surface area contributed by atoms with E-state index in [1.165, 1.54) is 5.56 Å². The minimum Gasteiger partial charge on any atom is -0.382 e. The van der Waals surface area contributed by atoms with E-state index >= 15 is 0 Å². The van der Waals surface area contributed by atoms with Crippen LogP contribution >= 0.6 is 11.6 Å². The zero-order chi connectivity index (χ0) is 13.4. The molecule has 1 rings (SSSR count). The zero-order valence-corrected chi connectivity index (χ0v) is 12.3. The van der Waals surface area contributed by atoms with Gasteiger partial charge in [-0.15, -0.1) is 0 Å². The van der Waals surface area contributed by atoms with Crippen molar-refractivity contribution in [2.24, 2.45) is 0 Å². The Morgan fingerprint density at radius 1 is 1.28 bits per heavy atom. The predicted molar refractivity (Wildman–Crippen MR) is 78.4 cm³/mol. The predicted octanol–water partition coefficient (Wildman–Crippen LogP) is 3.85. The monoisotopic (exact) mass is 269 g/mol. The van der Waals surface area contributed by atoms with E-state index in [1.54, 1.807) is 0 Å². The molecular formula is C15H24ClNO. The standard InChI is InChI=1S/C15H24ClNO/c1-4-18-10-9-13(11-17-12(2)3)14-7-5-6-8-15(14)16/h5-8,12-13,17H,4,9-11H2,1-3H3. The molecular weight excluding hydrogens is 246 g/mol. The summed E-state index contributed by atoms with van der Waals surface area (Å²) >= 11 is 6.28. The minimum atomic E-state index is 0.410. The van der Waals surface area contributed by atoms with E-state index in [2.05, 4.69) is 25.2 Å². The highest BCUT2D eigenvalue weighted by atomic mass is 35.5. The average molecular weight is 270 g/mol. The van der Waals surface area contributed by atoms with Crippen molar-refractivity contribution in [3.8, 4) is 0 Å². The Hall–Kier alpha value is -0.570. The SMILES string of the molecule is CCOCCC(CNC(C)C)c1ccccc1Cl. The number of nitrogens with one attached hydrogen (secondary N) is 1. The lowest BCUT2D eigenvalue weighted by Gasteiger charge is -2.20. The third kappa shape index (κ3) is 5.38. The second kappa shape index (κ2) is 8.52. The molecule has 0 saturated heterocycles. The third-order valence-corrected chi connectivity index (χ3v) is 3.28. The largest absolute Gasteiger partial charge is 0.382 e. The van der Waals surface area contributed by atoms with Crippen molar-refractivity contribution in [2.45, 2.75) is 39.2 Å². The van der Waals surface area contributed by atoms with Crippen LogP contribution in [0.5, 0.6) is 0 Å². The lowest BCUT2D eigenvalue weighted by Crippen LogP contribution is -2.28. The highest BCUT2D eigenvalue weighted by Crippen LogP contribution is 2.26. The maximum atomic E-state index is 6.28. The molecule has 0 saturated carbocycles. The van der Waals surface area contributed by atoms with Gasteiger partial charge in [0.05, 0.1) is 0 Å². The molecule has 0 aliphatic heterocycles. The van der Waals surface area contributed by atoms with Gasteiger partial charge in [0.15, 0.2) is 0 Å². The molecule has 18 heavy (non-hydrogen) atoms. The molecule has 1 aromatic carbocycles. The lowest BCUT2D eigenvalue weighted by atomic mass is 9.95. The first-order chi connectivity index (χ1) is 8.65. The van der Waals surface area contributed by atoms with Crippen molar-refractivity contribution in [2.75, 3.05) is 19.8 Å². The summed E-state index contributed by atoms with van der Waals surface area (Å²) in [5, 5.41) is 4.34. The summed E-state index contributed by atoms with van der Waals surface area (Å²) in [5.74, 6) is 0.410. The summed E-state index contributed by atoms with van der Waals surface area (Å²) in [6.07, 6.45) is 0.997. The highest BCUT2D eigenvalue weighted by Gasteiger charge is 2.14. The quantitative estimate of drug-likeness (QED) is 0.724. The Balaban J connectivity index is 2.66. The second-order valence-corrected chi connectivity index (χ2v) is 5.17. The molecule has 1 unspecified atom stereocenters. The fraction of sp³-hybridized carbons (Fsp3) is 0.600. The number of hydrogen-bond donors (Lipinski definition) is 1. The van der Waals surface area contributed by atoms with Crippen LogP contribution in [0.2, 0.25) is 5.02 Å². The van der Waals surface area contributed by atoms with E-state index in [1.807, 2.05) is 25.1 Å². The number of hydrogen-bond acceptors (Lipinski definition) is 2. The van der Waals surface area contributed by atoms with Crippen LogP contribution in [0.3, 0.4) is 0 Å². The summed E-state index contributed by atoms with van der Waals surface area (Å²) in [5.41, 5.74) is 1.21. The molecule has 0 heterocycles. The fourth-order valence-corrected chi connectivity index (χ4v) is 2.21. The normalized spacial score (nSPS) is 12.9. The van der Waals surface area contributed by atoms with Crippen molar-refractivity contribution in [1.82, 2.24) is 5.32 Å². The maximum Gasteiger partial charge on any atom is 0.0472 e. The molecule has 1 atom stereocenters. The smallest absolute Gasteiger partial charge is 0.0472 e. The van der Waals surface area contributed by atoms with E-state index in [4.69, 9.17) is 16.3 Å². The van der Waals surface area contributed by atoms with Gasteiger partial charge in [0.1, 0.15) is 0 Å². The van der Waals surface area contributed by atoms with Crippen molar-refractivity contribution in [1.29, 1.82) is 0 Å². The Morgan fingerprint density at radius 3 is 2.61 bits per heavy atom. The fourth-order valence-electron chi connectivity index (χ4n) is 1.92. The van der Waals surface area contributed by atoms with Crippen molar-refractivity contribution >= 4 is 11.6 Å². The summed E-state index contributed by atoms with van der Waals surface area (Å²) in [4.78, 5) is 0. The summed E-state index contributed by atoms with van der Waals surface area (Å²) < 4.78 is 5.46. The molecule has 1 aromatic rings. The van der Waals surface area contributed by atoms with Crippen LogP contribution in [0.25, 0.3) is 0 Å². The molecule has 0 aromatic heterocycles. The molecule has 2 nitrogen and oxygen atoms in total. The van der Waals surface area contributed by atoms with Gasteiger partial charge >= 0.3 is 0 Å². The Kier molecular flexibility index (Phi) is 7.33. The van der Waals surface area contributed by atoms with Gasteiger partial charge < -0.3 is 10.1 Å². The molecule has 0 aliphatic carbocycles. The topological polar surface area (TPSA) is 21.3 Å². The first kappa shape index (κ1) is 15.5. The van der Waals surface area contributed by atoms with E-state index in [0.29, 0.717) is 12.0 Å². The van der Waals surface area contributed by atoms with Gasteiger partial charge in [-0.3, -0.25) is 0 Å². The lowest BCUT2D eigenvalue weighted by molar-refractivity contribution is 0.139. The number of halogens is 1. The van der Waals surface area contributed by atoms with Gasteiger partial charge in [0.2, 0.25) is 0 Å². The first-order valence-corrected chi connectivity index (χ1v) is 7.08. The van der Waals surface area contributed by atoms with E-state index in [0.717, 1.165) is 31.2 Å². The van der Waals surface area contributed by atoms with Crippen LogP contribution in [-0.2, 0) is 4.74 Å². The molecule has 0 aliphatic rings. The molecule has 0 amide bonds. The van der Waals surface area contributed by atoms with Gasteiger partial charge in [-0.2, -0.15) is 0 Å². The third-order valence-electron chi connectivity index (χ3n) is 2.93. The Morgan fingerprint density at radius 2 is 2.00 bits per heavy atom. The Bertz CT molecular complexity index is 341. The van der Waals surface area contributed by atoms with Crippen LogP contribution in [-0.4, -0.2) is 25.8 Å². The maximum absolute atomic E-state index is 6.28. The number of rotatable bonds is 8. The van der Waals surface area contributed by atoms with Crippen molar-refractivity contribution in [3.63, 3.8) is 0 Å². The van der Waals surface area contributed by atoms with Crippen LogP contribution in [0.1, 0.15) is 38.7 Å². The van der Waals surface area contributed by atoms with Gasteiger partial charge in [-0.05, 0) is 25.0 Å². The average Bonchev–Trinajstić information content (AvgIpc) is 2.34. The van der Waals surface area contributed by atoms with E-state index < -0.39 is 0 Å². The molecule has 0 bridgehead atoms. The van der Waals surface area contributed by atoms with Crippen LogP contribution in [0.15, 0.2) is 24.3 Å². The summed E-state index contributed by atoms with van der Waals surface area (Å²) in [7, 11) is 0. The van der Waals surface area contributed by atoms with Crippen LogP contribution in [0, 0.1) is 0 Å². The zero-order valence-electron chi connectivity index (χ0n) is 11.6. The number of benzene rings is 1. The molecule has 0 spiro atoms. The van der Waals surface area contributed by atoms with Gasteiger partial charge in [0, 0.05) is 36.7 Å². The van der Waals surface area contributed by atoms with Gasteiger partial charge in [0.25, 0.3) is 0 Å². The second-order valence-electron chi connectivity index (χ2n) is 4.77. The van der Waals surface area contributed by atoms with E-state index in [9.17, 15) is 0 Å². The molecule has 1 N–H and O–H groups in total. The molecule has 0 radical (unpaired) electrons. The summed E-state index contributed by atoms with van der Waals surface area (Å²) in [6, 6.07) is 8.58. The van der Waals surface area contributed by atoms with Gasteiger partial charge in [-0.25, -0.2) is 0 Å². The van der Waals surface area contributed by atoms with Crippen LogP contribution in [0.4, 0.5) is 0 Å². The summed E-state index contributed by atoms with van der Waals surface area (Å²) in [6.45, 7) is 8.84. The first-order valence-electron chi connectivity index (χ1n) is 6.70. The molecule has 102 valence electrons. The minimum absolute atomic E-state index is 0.410. The Labute approximate surface area is 116 Å². The number of ether oxygens (including phenoxy) is 1. The van der Waals surface area contributed by atoms with Gasteiger partial charge in [-0.1, -0.05) is 43.6 Å². The van der Waals surface area contributed by atoms with E-state index in [-0.39, 0.29) is 0 Å². The van der Waals surface area contributed by atoms with Crippen LogP contribution < -0.4 is 5.32 Å². The highest BCUT2D eigenvalue weighted by molar-refractivity contribution is 6.31. The van der Waals surface area contributed by atoms with Crippen molar-refractivity contribution < 1.29 is 4.74 Å². The molecule has 0 fully saturated rings. The molecule has 3 heteroatoms.